The molecule has 2 N–H and O–H groups in total. The highest BCUT2D eigenvalue weighted by Crippen LogP contribution is 2.11. The standard InChI is InChI=1S/C19H14FN3O5/c1-28-18(26)11-2-6-13(7-3-11)22-16(24)15-10-21-19(27)23(17(15)25)14-8-4-12(20)5-9-14/h2-10H,1H3,(H,21,27)(H,22,24). The van der Waals surface area contributed by atoms with Crippen LogP contribution in [-0.2, 0) is 4.74 Å². The fourth-order valence-corrected chi connectivity index (χ4v) is 2.47. The molecule has 0 aliphatic heterocycles. The third kappa shape index (κ3) is 3.73. The van der Waals surface area contributed by atoms with E-state index in [9.17, 15) is 23.6 Å². The van der Waals surface area contributed by atoms with Crippen molar-refractivity contribution in [2.24, 2.45) is 0 Å². The molecule has 0 bridgehead atoms. The molecule has 1 aromatic heterocycles. The van der Waals surface area contributed by atoms with Gasteiger partial charge in [0.1, 0.15) is 11.4 Å². The number of esters is 1. The Hall–Kier alpha value is -4.01. The number of nitrogens with one attached hydrogen (secondary N) is 2. The second-order valence-electron chi connectivity index (χ2n) is 5.65. The van der Waals surface area contributed by atoms with Crippen LogP contribution in [0.25, 0.3) is 5.69 Å². The maximum atomic E-state index is 13.1. The van der Waals surface area contributed by atoms with E-state index in [1.54, 1.807) is 0 Å². The maximum absolute atomic E-state index is 13.1. The molecule has 0 spiro atoms. The predicted octanol–water partition coefficient (Wildman–Crippen LogP) is 1.70. The number of carbonyl (C=O) groups is 2. The van der Waals surface area contributed by atoms with Crippen molar-refractivity contribution in [3.63, 3.8) is 0 Å². The number of methoxy groups -OCH3 is 1. The Morgan fingerprint density at radius 2 is 1.68 bits per heavy atom. The molecule has 28 heavy (non-hydrogen) atoms. The molecule has 1 heterocycles. The number of carbonyl (C=O) groups excluding carboxylic acids is 2. The first kappa shape index (κ1) is 18.8. The van der Waals surface area contributed by atoms with Crippen molar-refractivity contribution in [1.29, 1.82) is 0 Å². The molecule has 0 unspecified atom stereocenters. The summed E-state index contributed by atoms with van der Waals surface area (Å²) in [5, 5.41) is 2.50. The molecule has 1 amide bonds. The van der Waals surface area contributed by atoms with Gasteiger partial charge < -0.3 is 15.0 Å². The summed E-state index contributed by atoms with van der Waals surface area (Å²) < 4.78 is 18.4. The van der Waals surface area contributed by atoms with E-state index in [0.717, 1.165) is 22.9 Å². The van der Waals surface area contributed by atoms with Crippen molar-refractivity contribution in [2.75, 3.05) is 12.4 Å². The van der Waals surface area contributed by atoms with Crippen LogP contribution in [0.4, 0.5) is 10.1 Å². The lowest BCUT2D eigenvalue weighted by Gasteiger charge is -2.08. The molecule has 142 valence electrons. The highest BCUT2D eigenvalue weighted by atomic mass is 19.1. The Morgan fingerprint density at radius 1 is 1.04 bits per heavy atom. The van der Waals surface area contributed by atoms with Gasteiger partial charge in [0.05, 0.1) is 18.4 Å². The quantitative estimate of drug-likeness (QED) is 0.667. The van der Waals surface area contributed by atoms with Crippen molar-refractivity contribution in [3.8, 4) is 5.69 Å². The summed E-state index contributed by atoms with van der Waals surface area (Å²) in [6, 6.07) is 10.5. The number of anilines is 1. The van der Waals surface area contributed by atoms with Crippen LogP contribution in [0.5, 0.6) is 0 Å². The average molecular weight is 383 g/mol. The summed E-state index contributed by atoms with van der Waals surface area (Å²) in [5.41, 5.74) is -1.21. The lowest BCUT2D eigenvalue weighted by Crippen LogP contribution is -2.38. The molecular weight excluding hydrogens is 369 g/mol. The van der Waals surface area contributed by atoms with Crippen LogP contribution >= 0.6 is 0 Å². The monoisotopic (exact) mass is 383 g/mol. The van der Waals surface area contributed by atoms with Crippen LogP contribution < -0.4 is 16.6 Å². The summed E-state index contributed by atoms with van der Waals surface area (Å²) in [4.78, 5) is 50.8. The summed E-state index contributed by atoms with van der Waals surface area (Å²) >= 11 is 0. The minimum atomic E-state index is -0.862. The van der Waals surface area contributed by atoms with E-state index in [2.05, 4.69) is 15.0 Å². The zero-order valence-electron chi connectivity index (χ0n) is 14.6. The van der Waals surface area contributed by atoms with Crippen LogP contribution in [-0.4, -0.2) is 28.5 Å². The lowest BCUT2D eigenvalue weighted by molar-refractivity contribution is 0.0600. The first-order valence-electron chi connectivity index (χ1n) is 8.01. The molecule has 0 saturated carbocycles. The van der Waals surface area contributed by atoms with Gasteiger partial charge in [-0.2, -0.15) is 0 Å². The second-order valence-corrected chi connectivity index (χ2v) is 5.65. The van der Waals surface area contributed by atoms with Gasteiger partial charge in [-0.05, 0) is 48.5 Å². The van der Waals surface area contributed by atoms with E-state index in [-0.39, 0.29) is 11.3 Å². The molecule has 0 fully saturated rings. The van der Waals surface area contributed by atoms with Crippen molar-refractivity contribution >= 4 is 17.6 Å². The van der Waals surface area contributed by atoms with Gasteiger partial charge in [0.15, 0.2) is 0 Å². The molecular formula is C19H14FN3O5. The van der Waals surface area contributed by atoms with Crippen molar-refractivity contribution in [1.82, 2.24) is 9.55 Å². The smallest absolute Gasteiger partial charge is 0.337 e. The molecule has 0 radical (unpaired) electrons. The minimum absolute atomic E-state index is 0.115. The molecule has 3 rings (SSSR count). The number of H-pyrrole nitrogens is 1. The van der Waals surface area contributed by atoms with Crippen LogP contribution in [0.3, 0.4) is 0 Å². The molecule has 0 aliphatic rings. The summed E-state index contributed by atoms with van der Waals surface area (Å²) in [6.45, 7) is 0. The third-order valence-corrected chi connectivity index (χ3v) is 3.87. The number of aromatic amines is 1. The van der Waals surface area contributed by atoms with Crippen molar-refractivity contribution in [3.05, 3.63) is 92.5 Å². The summed E-state index contributed by atoms with van der Waals surface area (Å²) in [5.74, 6) is -1.82. The number of aromatic nitrogens is 2. The zero-order chi connectivity index (χ0) is 20.3. The Kier molecular flexibility index (Phi) is 5.16. The number of nitrogens with zero attached hydrogens (tertiary/aromatic N) is 1. The number of amides is 1. The maximum Gasteiger partial charge on any atom is 0.337 e. The first-order chi connectivity index (χ1) is 13.4. The van der Waals surface area contributed by atoms with E-state index >= 15 is 0 Å². The van der Waals surface area contributed by atoms with Gasteiger partial charge >= 0.3 is 11.7 Å². The molecule has 0 atom stereocenters. The van der Waals surface area contributed by atoms with E-state index in [1.165, 1.54) is 43.5 Å². The Morgan fingerprint density at radius 3 is 2.29 bits per heavy atom. The Bertz CT molecular complexity index is 1150. The second kappa shape index (κ2) is 7.70. The number of rotatable bonds is 4. The fourth-order valence-electron chi connectivity index (χ4n) is 2.47. The van der Waals surface area contributed by atoms with Gasteiger partial charge in [-0.3, -0.25) is 9.59 Å². The van der Waals surface area contributed by atoms with Gasteiger partial charge in [0, 0.05) is 11.9 Å². The van der Waals surface area contributed by atoms with Crippen LogP contribution in [0.2, 0.25) is 0 Å². The van der Waals surface area contributed by atoms with E-state index < -0.39 is 28.9 Å². The molecule has 2 aromatic carbocycles. The highest BCUT2D eigenvalue weighted by molar-refractivity contribution is 6.04. The Labute approximate surface area is 157 Å². The van der Waals surface area contributed by atoms with E-state index in [4.69, 9.17) is 0 Å². The number of hydrogen-bond donors (Lipinski definition) is 2. The molecule has 8 nitrogen and oxygen atoms in total. The average Bonchev–Trinajstić information content (AvgIpc) is 2.69. The van der Waals surface area contributed by atoms with E-state index in [1.807, 2.05) is 0 Å². The van der Waals surface area contributed by atoms with Crippen LogP contribution in [0.15, 0.2) is 64.3 Å². The predicted molar refractivity (Wildman–Crippen MR) is 98.4 cm³/mol. The van der Waals surface area contributed by atoms with Crippen LogP contribution in [0, 0.1) is 5.82 Å². The van der Waals surface area contributed by atoms with Crippen molar-refractivity contribution in [2.45, 2.75) is 0 Å². The molecule has 0 saturated heterocycles. The van der Waals surface area contributed by atoms with Gasteiger partial charge in [0.25, 0.3) is 11.5 Å². The lowest BCUT2D eigenvalue weighted by atomic mass is 10.2. The molecule has 0 aliphatic carbocycles. The molecule has 3 aromatic rings. The van der Waals surface area contributed by atoms with E-state index in [0.29, 0.717) is 11.3 Å². The van der Waals surface area contributed by atoms with Gasteiger partial charge in [-0.15, -0.1) is 0 Å². The fraction of sp³-hybridized carbons (Fsp3) is 0.0526. The normalized spacial score (nSPS) is 10.4. The van der Waals surface area contributed by atoms with Gasteiger partial charge in [0.2, 0.25) is 0 Å². The summed E-state index contributed by atoms with van der Waals surface area (Å²) in [7, 11) is 1.25. The Balaban J connectivity index is 1.91. The largest absolute Gasteiger partial charge is 0.465 e. The molecule has 9 heteroatoms. The third-order valence-electron chi connectivity index (χ3n) is 3.87. The number of hydrogen-bond acceptors (Lipinski definition) is 5. The SMILES string of the molecule is COC(=O)c1ccc(NC(=O)c2c[nH]c(=O)n(-c3ccc(F)cc3)c2=O)cc1. The first-order valence-corrected chi connectivity index (χ1v) is 8.01. The number of ether oxygens (including phenoxy) is 1. The number of halogens is 1. The highest BCUT2D eigenvalue weighted by Gasteiger charge is 2.16. The zero-order valence-corrected chi connectivity index (χ0v) is 14.6. The minimum Gasteiger partial charge on any atom is -0.465 e. The summed E-state index contributed by atoms with van der Waals surface area (Å²) in [6.07, 6.45) is 1.00. The van der Waals surface area contributed by atoms with Crippen molar-refractivity contribution < 1.29 is 18.7 Å². The van der Waals surface area contributed by atoms with Gasteiger partial charge in [-0.1, -0.05) is 0 Å². The van der Waals surface area contributed by atoms with Crippen LogP contribution in [0.1, 0.15) is 20.7 Å². The van der Waals surface area contributed by atoms with Gasteiger partial charge in [-0.25, -0.2) is 18.5 Å². The topological polar surface area (TPSA) is 110 Å². The number of benzene rings is 2.